The molecule has 2 aromatic rings. The van der Waals surface area contributed by atoms with Crippen LogP contribution >= 0.6 is 0 Å². The van der Waals surface area contributed by atoms with Crippen LogP contribution in [0.4, 0.5) is 0 Å². The molecule has 0 N–H and O–H groups in total. The number of aryl methyl sites for hydroxylation is 2. The molecule has 0 aromatic carbocycles. The Balaban J connectivity index is 0.000000891. The lowest BCUT2D eigenvalue weighted by Gasteiger charge is -2.27. The Labute approximate surface area is 148 Å². The largest absolute Gasteiger partial charge is 0.255 e. The lowest BCUT2D eigenvalue weighted by atomic mass is 9.79. The number of hydrogen-bond acceptors (Lipinski definition) is 2. The highest BCUT2D eigenvalue weighted by Gasteiger charge is 2.19. The molecule has 0 aliphatic rings. The van der Waals surface area contributed by atoms with E-state index in [2.05, 4.69) is 76.6 Å². The van der Waals surface area contributed by atoms with Gasteiger partial charge in [0.2, 0.25) is 0 Å². The van der Waals surface area contributed by atoms with E-state index in [1.165, 1.54) is 24.0 Å². The highest BCUT2D eigenvalue weighted by molar-refractivity contribution is 5.55. The summed E-state index contributed by atoms with van der Waals surface area (Å²) in [6.07, 6.45) is 7.30. The number of nitrogens with zero attached hydrogens (tertiary/aromatic N) is 2. The summed E-state index contributed by atoms with van der Waals surface area (Å²) in [4.78, 5) is 8.89. The van der Waals surface area contributed by atoms with Gasteiger partial charge in [0.25, 0.3) is 0 Å². The topological polar surface area (TPSA) is 25.8 Å². The fourth-order valence-electron chi connectivity index (χ4n) is 2.26. The lowest BCUT2D eigenvalue weighted by molar-refractivity contribution is 0.247. The van der Waals surface area contributed by atoms with Crippen LogP contribution in [-0.4, -0.2) is 9.97 Å². The van der Waals surface area contributed by atoms with Gasteiger partial charge in [0.15, 0.2) is 0 Å². The van der Waals surface area contributed by atoms with Crippen molar-refractivity contribution in [1.29, 1.82) is 0 Å². The third kappa shape index (κ3) is 6.82. The van der Waals surface area contributed by atoms with Crippen molar-refractivity contribution in [3.05, 3.63) is 47.8 Å². The van der Waals surface area contributed by atoms with Crippen molar-refractivity contribution in [3.8, 4) is 11.4 Å². The molecule has 24 heavy (non-hydrogen) atoms. The number of hydrogen-bond donors (Lipinski definition) is 0. The predicted molar refractivity (Wildman–Crippen MR) is 105 cm³/mol. The maximum absolute atomic E-state index is 4.46. The van der Waals surface area contributed by atoms with Gasteiger partial charge >= 0.3 is 0 Å². The van der Waals surface area contributed by atoms with Crippen molar-refractivity contribution in [2.45, 2.75) is 67.7 Å². The van der Waals surface area contributed by atoms with E-state index < -0.39 is 0 Å². The summed E-state index contributed by atoms with van der Waals surface area (Å²) in [5.74, 6) is 0.700. The Kier molecular flexibility index (Phi) is 8.10. The molecule has 0 amide bonds. The molecule has 0 saturated carbocycles. The van der Waals surface area contributed by atoms with Gasteiger partial charge in [0.1, 0.15) is 0 Å². The molecule has 2 nitrogen and oxygen atoms in total. The van der Waals surface area contributed by atoms with Crippen molar-refractivity contribution in [2.75, 3.05) is 0 Å². The van der Waals surface area contributed by atoms with Crippen LogP contribution in [0.15, 0.2) is 36.7 Å². The van der Waals surface area contributed by atoms with Gasteiger partial charge < -0.3 is 0 Å². The molecule has 132 valence electrons. The zero-order chi connectivity index (χ0) is 18.2. The summed E-state index contributed by atoms with van der Waals surface area (Å²) in [5, 5.41) is 0. The molecule has 2 heteroatoms. The molecule has 0 radical (unpaired) electrons. The van der Waals surface area contributed by atoms with Gasteiger partial charge in [-0.05, 0) is 66.5 Å². The first-order valence-electron chi connectivity index (χ1n) is 9.15. The average Bonchev–Trinajstić information content (AvgIpc) is 2.53. The first-order valence-corrected chi connectivity index (χ1v) is 9.15. The van der Waals surface area contributed by atoms with Crippen LogP contribution < -0.4 is 0 Å². The summed E-state index contributed by atoms with van der Waals surface area (Å²) in [6, 6.07) is 8.40. The summed E-state index contributed by atoms with van der Waals surface area (Å²) < 4.78 is 0. The number of aromatic nitrogens is 2. The highest BCUT2D eigenvalue weighted by atomic mass is 14.8. The molecule has 2 heterocycles. The molecule has 0 saturated heterocycles. The van der Waals surface area contributed by atoms with Crippen LogP contribution in [0.3, 0.4) is 0 Å². The number of pyridine rings is 2. The molecule has 1 unspecified atom stereocenters. The Bertz CT molecular complexity index is 611. The van der Waals surface area contributed by atoms with E-state index in [4.69, 9.17) is 0 Å². The van der Waals surface area contributed by atoms with Gasteiger partial charge in [0.05, 0.1) is 11.4 Å². The van der Waals surface area contributed by atoms with Crippen LogP contribution in [0.1, 0.15) is 65.5 Å². The molecular formula is C22H34N2. The van der Waals surface area contributed by atoms with E-state index in [1.807, 2.05) is 18.5 Å². The van der Waals surface area contributed by atoms with Crippen LogP contribution in [0.5, 0.6) is 0 Å². The van der Waals surface area contributed by atoms with Crippen molar-refractivity contribution in [1.82, 2.24) is 9.97 Å². The Morgan fingerprint density at radius 2 is 1.50 bits per heavy atom. The second-order valence-corrected chi connectivity index (χ2v) is 7.78. The maximum Gasteiger partial charge on any atom is 0.0888 e. The van der Waals surface area contributed by atoms with Crippen LogP contribution in [0.25, 0.3) is 11.4 Å². The minimum atomic E-state index is 0.369. The minimum Gasteiger partial charge on any atom is -0.255 e. The average molecular weight is 327 g/mol. The quantitative estimate of drug-likeness (QED) is 0.642. The van der Waals surface area contributed by atoms with Gasteiger partial charge in [-0.3, -0.25) is 9.97 Å². The molecule has 0 spiro atoms. The fourth-order valence-corrected chi connectivity index (χ4v) is 2.26. The fraction of sp³-hybridized carbons (Fsp3) is 0.545. The first-order chi connectivity index (χ1) is 11.3. The normalized spacial score (nSPS) is 12.3. The van der Waals surface area contributed by atoms with Crippen LogP contribution in [0, 0.1) is 18.3 Å². The summed E-state index contributed by atoms with van der Waals surface area (Å²) in [7, 11) is 0. The highest BCUT2D eigenvalue weighted by Crippen LogP contribution is 2.29. The number of rotatable bonds is 4. The van der Waals surface area contributed by atoms with E-state index in [0.717, 1.165) is 17.8 Å². The molecule has 0 fully saturated rings. The summed E-state index contributed by atoms with van der Waals surface area (Å²) in [5.41, 5.74) is 4.86. The second kappa shape index (κ2) is 9.56. The van der Waals surface area contributed by atoms with Crippen molar-refractivity contribution in [2.24, 2.45) is 11.3 Å². The van der Waals surface area contributed by atoms with E-state index in [9.17, 15) is 0 Å². The molecule has 1 atom stereocenters. The third-order valence-electron chi connectivity index (χ3n) is 4.35. The van der Waals surface area contributed by atoms with Crippen LogP contribution in [0.2, 0.25) is 0 Å². The summed E-state index contributed by atoms with van der Waals surface area (Å²) >= 11 is 0. The molecule has 2 aromatic heterocycles. The minimum absolute atomic E-state index is 0.369. The standard InChI is InChI=1S/C19H26N2.C3H8/c1-14-8-10-20-17(12-14)18-13-16(9-11-21-18)7-6-15(2)19(3,4)5;1-3-2/h8-13,15H,6-7H2,1-5H3;3H2,1-2H3. The Morgan fingerprint density at radius 3 is 2.04 bits per heavy atom. The van der Waals surface area contributed by atoms with Gasteiger partial charge in [-0.1, -0.05) is 48.0 Å². The van der Waals surface area contributed by atoms with Gasteiger partial charge in [0, 0.05) is 12.4 Å². The van der Waals surface area contributed by atoms with E-state index in [0.29, 0.717) is 11.3 Å². The Morgan fingerprint density at radius 1 is 0.958 bits per heavy atom. The van der Waals surface area contributed by atoms with Gasteiger partial charge in [-0.15, -0.1) is 0 Å². The van der Waals surface area contributed by atoms with Crippen molar-refractivity contribution >= 4 is 0 Å². The van der Waals surface area contributed by atoms with E-state index in [-0.39, 0.29) is 0 Å². The SMILES string of the molecule is CCC.Cc1ccnc(-c2cc(CCC(C)C(C)(C)C)ccn2)c1. The Hall–Kier alpha value is -1.70. The zero-order valence-electron chi connectivity index (χ0n) is 16.6. The second-order valence-electron chi connectivity index (χ2n) is 7.78. The molecule has 0 bridgehead atoms. The molecule has 0 aliphatic carbocycles. The predicted octanol–water partition coefficient (Wildman–Crippen LogP) is 6.48. The monoisotopic (exact) mass is 326 g/mol. The van der Waals surface area contributed by atoms with Crippen LogP contribution in [-0.2, 0) is 6.42 Å². The molecular weight excluding hydrogens is 292 g/mol. The van der Waals surface area contributed by atoms with Crippen molar-refractivity contribution < 1.29 is 0 Å². The van der Waals surface area contributed by atoms with Gasteiger partial charge in [-0.2, -0.15) is 0 Å². The molecule has 2 rings (SSSR count). The van der Waals surface area contributed by atoms with E-state index >= 15 is 0 Å². The molecule has 0 aliphatic heterocycles. The van der Waals surface area contributed by atoms with E-state index in [1.54, 1.807) is 0 Å². The maximum atomic E-state index is 4.46. The smallest absolute Gasteiger partial charge is 0.0888 e. The van der Waals surface area contributed by atoms with Gasteiger partial charge in [-0.25, -0.2) is 0 Å². The first kappa shape index (κ1) is 20.3. The lowest BCUT2D eigenvalue weighted by Crippen LogP contribution is -2.17. The third-order valence-corrected chi connectivity index (χ3v) is 4.35. The zero-order valence-corrected chi connectivity index (χ0v) is 16.6. The summed E-state index contributed by atoms with van der Waals surface area (Å²) in [6.45, 7) is 15.6. The van der Waals surface area contributed by atoms with Crippen molar-refractivity contribution in [3.63, 3.8) is 0 Å².